The monoisotopic (exact) mass is 445 g/mol. The number of nitrogens with one attached hydrogen (secondary N) is 1. The molecule has 0 spiro atoms. The molecule has 0 aromatic heterocycles. The zero-order valence-corrected chi connectivity index (χ0v) is 18.3. The Hall–Kier alpha value is -3.13. The average Bonchev–Trinajstić information content (AvgIpc) is 2.84. The third-order valence-corrected chi connectivity index (χ3v) is 8.67. The van der Waals surface area contributed by atoms with Gasteiger partial charge in [0, 0.05) is 21.2 Å². The van der Waals surface area contributed by atoms with Gasteiger partial charge in [-0.1, -0.05) is 103 Å². The molecular weight excluding hydrogens is 425 g/mol. The van der Waals surface area contributed by atoms with Crippen LogP contribution in [-0.4, -0.2) is 5.91 Å². The fraction of sp³-hybridized carbons (Fsp3) is 0.0385. The second-order valence-electron chi connectivity index (χ2n) is 7.12. The molecule has 0 fully saturated rings. The Morgan fingerprint density at radius 2 is 1.13 bits per heavy atom. The normalized spacial score (nSPS) is 12.2. The minimum atomic E-state index is -3.32. The molecule has 4 aromatic carbocycles. The van der Waals surface area contributed by atoms with E-state index in [0.717, 1.165) is 5.56 Å². The van der Waals surface area contributed by atoms with Gasteiger partial charge in [-0.05, 0) is 29.8 Å². The summed E-state index contributed by atoms with van der Waals surface area (Å²) in [5.41, 5.74) is 1.24. The summed E-state index contributed by atoms with van der Waals surface area (Å²) in [5.74, 6) is -1.05. The first kappa shape index (κ1) is 21.1. The van der Waals surface area contributed by atoms with E-state index in [-0.39, 0.29) is 5.91 Å². The van der Waals surface area contributed by atoms with Gasteiger partial charge in [-0.25, -0.2) is 0 Å². The molecule has 31 heavy (non-hydrogen) atoms. The number of carbonyl (C=O) groups is 1. The van der Waals surface area contributed by atoms with Gasteiger partial charge in [-0.15, -0.1) is 0 Å². The van der Waals surface area contributed by atoms with Gasteiger partial charge >= 0.3 is 0 Å². The number of benzene rings is 4. The Morgan fingerprint density at radius 3 is 1.61 bits per heavy atom. The van der Waals surface area contributed by atoms with E-state index in [2.05, 4.69) is 5.32 Å². The number of amides is 1. The maximum atomic E-state index is 14.9. The zero-order chi connectivity index (χ0) is 21.7. The Labute approximate surface area is 187 Å². The molecule has 1 amide bonds. The molecule has 0 bridgehead atoms. The van der Waals surface area contributed by atoms with E-state index < -0.39 is 12.9 Å². The molecule has 1 atom stereocenters. The lowest BCUT2D eigenvalue weighted by atomic mass is 10.2. The maximum absolute atomic E-state index is 14.9. The lowest BCUT2D eigenvalue weighted by Gasteiger charge is -2.30. The highest BCUT2D eigenvalue weighted by Crippen LogP contribution is 2.55. The van der Waals surface area contributed by atoms with Crippen LogP contribution in [0.3, 0.4) is 0 Å². The van der Waals surface area contributed by atoms with Crippen molar-refractivity contribution >= 4 is 35.3 Å². The van der Waals surface area contributed by atoms with E-state index in [1.807, 2.05) is 78.9 Å². The molecular formula is C26H21ClNO2P. The van der Waals surface area contributed by atoms with Gasteiger partial charge in [-0.3, -0.25) is 4.79 Å². The van der Waals surface area contributed by atoms with Gasteiger partial charge in [0.25, 0.3) is 5.91 Å². The van der Waals surface area contributed by atoms with E-state index in [4.69, 9.17) is 11.6 Å². The van der Waals surface area contributed by atoms with Crippen LogP contribution in [-0.2, 0) is 4.57 Å². The molecule has 154 valence electrons. The first-order chi connectivity index (χ1) is 15.1. The second-order valence-corrected chi connectivity index (χ2v) is 10.4. The van der Waals surface area contributed by atoms with E-state index in [0.29, 0.717) is 21.2 Å². The summed E-state index contributed by atoms with van der Waals surface area (Å²) >= 11 is 6.11. The van der Waals surface area contributed by atoms with Crippen molar-refractivity contribution in [2.75, 3.05) is 0 Å². The van der Waals surface area contributed by atoms with Crippen molar-refractivity contribution in [2.45, 2.75) is 5.78 Å². The van der Waals surface area contributed by atoms with Crippen molar-refractivity contribution in [2.24, 2.45) is 0 Å². The first-order valence-corrected chi connectivity index (χ1v) is 12.1. The van der Waals surface area contributed by atoms with E-state index in [1.54, 1.807) is 36.4 Å². The van der Waals surface area contributed by atoms with Crippen LogP contribution in [0.5, 0.6) is 0 Å². The summed E-state index contributed by atoms with van der Waals surface area (Å²) in [6.45, 7) is 0. The summed E-state index contributed by atoms with van der Waals surface area (Å²) < 4.78 is 14.9. The van der Waals surface area contributed by atoms with Crippen LogP contribution in [0.4, 0.5) is 0 Å². The summed E-state index contributed by atoms with van der Waals surface area (Å²) in [5, 5.41) is 4.99. The van der Waals surface area contributed by atoms with Crippen molar-refractivity contribution in [3.8, 4) is 0 Å². The number of halogens is 1. The van der Waals surface area contributed by atoms with Crippen molar-refractivity contribution in [1.29, 1.82) is 0 Å². The smallest absolute Gasteiger partial charge is 0.252 e. The molecule has 0 aliphatic carbocycles. The Morgan fingerprint density at radius 1 is 0.677 bits per heavy atom. The maximum Gasteiger partial charge on any atom is 0.252 e. The van der Waals surface area contributed by atoms with Gasteiger partial charge in [0.2, 0.25) is 0 Å². The quantitative estimate of drug-likeness (QED) is 0.382. The van der Waals surface area contributed by atoms with Crippen LogP contribution < -0.4 is 15.9 Å². The van der Waals surface area contributed by atoms with Crippen LogP contribution in [0, 0.1) is 0 Å². The molecule has 0 heterocycles. The van der Waals surface area contributed by atoms with E-state index in [1.165, 1.54) is 0 Å². The van der Waals surface area contributed by atoms with Crippen LogP contribution in [0.25, 0.3) is 0 Å². The Bertz CT molecular complexity index is 1150. The van der Waals surface area contributed by atoms with E-state index in [9.17, 15) is 9.36 Å². The highest BCUT2D eigenvalue weighted by atomic mass is 35.5. The van der Waals surface area contributed by atoms with Crippen LogP contribution in [0.2, 0.25) is 5.02 Å². The molecule has 0 saturated heterocycles. The number of hydrogen-bond donors (Lipinski definition) is 1. The summed E-state index contributed by atoms with van der Waals surface area (Å²) in [6, 6.07) is 34.7. The lowest BCUT2D eigenvalue weighted by molar-refractivity contribution is 0.0948. The summed E-state index contributed by atoms with van der Waals surface area (Å²) in [4.78, 5) is 13.1. The predicted octanol–water partition coefficient (Wildman–Crippen LogP) is 5.78. The number of carbonyl (C=O) groups excluding carboxylic acids is 1. The first-order valence-electron chi connectivity index (χ1n) is 9.91. The third-order valence-electron chi connectivity index (χ3n) is 5.13. The van der Waals surface area contributed by atoms with Crippen molar-refractivity contribution in [1.82, 2.24) is 5.32 Å². The van der Waals surface area contributed by atoms with Crippen LogP contribution in [0.15, 0.2) is 115 Å². The minimum absolute atomic E-state index is 0.285. The molecule has 3 nitrogen and oxygen atoms in total. The molecule has 5 heteroatoms. The van der Waals surface area contributed by atoms with Gasteiger partial charge in [-0.2, -0.15) is 0 Å². The SMILES string of the molecule is O=C(NC(c1ccc(Cl)cc1)P(=O)(c1ccccc1)c1ccccc1)c1ccccc1. The molecule has 0 saturated carbocycles. The van der Waals surface area contributed by atoms with Crippen molar-refractivity contribution < 1.29 is 9.36 Å². The summed E-state index contributed by atoms with van der Waals surface area (Å²) in [6.07, 6.45) is 0. The van der Waals surface area contributed by atoms with Crippen LogP contribution >= 0.6 is 18.7 Å². The Balaban J connectivity index is 1.89. The molecule has 1 N–H and O–H groups in total. The van der Waals surface area contributed by atoms with Gasteiger partial charge in [0.05, 0.1) is 0 Å². The molecule has 0 aliphatic heterocycles. The van der Waals surface area contributed by atoms with E-state index >= 15 is 0 Å². The third kappa shape index (κ3) is 4.49. The standard InChI is InChI=1S/C26H21ClNO2P/c27-22-18-16-21(17-19-22)26(28-25(29)20-10-4-1-5-11-20)31(30,23-12-6-2-7-13-23)24-14-8-3-9-15-24/h1-19,26H,(H,28,29). The number of hydrogen-bond acceptors (Lipinski definition) is 2. The highest BCUT2D eigenvalue weighted by molar-refractivity contribution is 7.79. The molecule has 4 aromatic rings. The zero-order valence-electron chi connectivity index (χ0n) is 16.7. The fourth-order valence-electron chi connectivity index (χ4n) is 3.57. The van der Waals surface area contributed by atoms with Gasteiger partial charge in [0.1, 0.15) is 5.78 Å². The van der Waals surface area contributed by atoms with Crippen LogP contribution in [0.1, 0.15) is 21.7 Å². The molecule has 4 rings (SSSR count). The topological polar surface area (TPSA) is 46.2 Å². The number of rotatable bonds is 6. The lowest BCUT2D eigenvalue weighted by Crippen LogP contribution is -2.34. The fourth-order valence-corrected chi connectivity index (χ4v) is 6.71. The highest BCUT2D eigenvalue weighted by Gasteiger charge is 2.39. The van der Waals surface area contributed by atoms with Gasteiger partial charge in [0.15, 0.2) is 7.14 Å². The molecule has 0 radical (unpaired) electrons. The molecule has 1 unspecified atom stereocenters. The average molecular weight is 446 g/mol. The second kappa shape index (κ2) is 9.34. The Kier molecular flexibility index (Phi) is 6.36. The van der Waals surface area contributed by atoms with Crippen molar-refractivity contribution in [3.63, 3.8) is 0 Å². The van der Waals surface area contributed by atoms with Crippen molar-refractivity contribution in [3.05, 3.63) is 131 Å². The summed E-state index contributed by atoms with van der Waals surface area (Å²) in [7, 11) is -3.32. The molecule has 0 aliphatic rings. The minimum Gasteiger partial charge on any atom is -0.338 e. The largest absolute Gasteiger partial charge is 0.338 e. The van der Waals surface area contributed by atoms with Gasteiger partial charge < -0.3 is 9.88 Å². The predicted molar refractivity (Wildman–Crippen MR) is 128 cm³/mol.